The third-order valence-corrected chi connectivity index (χ3v) is 7.31. The summed E-state index contributed by atoms with van der Waals surface area (Å²) in [6, 6.07) is 7.51. The fourth-order valence-electron chi connectivity index (χ4n) is 3.42. The van der Waals surface area contributed by atoms with Crippen molar-refractivity contribution in [3.8, 4) is 0 Å². The van der Waals surface area contributed by atoms with E-state index in [0.717, 1.165) is 31.2 Å². The Morgan fingerprint density at radius 3 is 2.13 bits per heavy atom. The zero-order chi connectivity index (χ0) is 16.4. The molecule has 1 heterocycles. The molecule has 23 heavy (non-hydrogen) atoms. The average molecular weight is 336 g/mol. The molecule has 1 aromatic rings. The summed E-state index contributed by atoms with van der Waals surface area (Å²) in [5.74, 6) is -0.0112. The summed E-state index contributed by atoms with van der Waals surface area (Å²) < 4.78 is 26.8. The van der Waals surface area contributed by atoms with Gasteiger partial charge in [-0.25, -0.2) is 8.42 Å². The summed E-state index contributed by atoms with van der Waals surface area (Å²) in [4.78, 5) is 14.2. The second kappa shape index (κ2) is 6.61. The first-order chi connectivity index (χ1) is 11.0. The second-order valence-corrected chi connectivity index (χ2v) is 8.72. The number of sulfonamides is 1. The minimum Gasteiger partial charge on any atom is -0.336 e. The molecule has 1 saturated carbocycles. The third-order valence-electron chi connectivity index (χ3n) is 4.91. The van der Waals surface area contributed by atoms with Gasteiger partial charge in [-0.1, -0.05) is 30.5 Å². The molecule has 6 heteroatoms. The number of carbonyl (C=O) groups excluding carboxylic acids is 1. The van der Waals surface area contributed by atoms with Crippen LogP contribution in [0.15, 0.2) is 24.3 Å². The van der Waals surface area contributed by atoms with Crippen molar-refractivity contribution in [2.45, 2.75) is 37.9 Å². The van der Waals surface area contributed by atoms with Crippen LogP contribution < -0.4 is 0 Å². The Morgan fingerprint density at radius 2 is 1.57 bits per heavy atom. The Morgan fingerprint density at radius 1 is 1.00 bits per heavy atom. The van der Waals surface area contributed by atoms with E-state index in [1.165, 1.54) is 0 Å². The van der Waals surface area contributed by atoms with Gasteiger partial charge in [-0.3, -0.25) is 4.79 Å². The molecule has 1 saturated heterocycles. The number of rotatable bonds is 3. The molecule has 5 nitrogen and oxygen atoms in total. The monoisotopic (exact) mass is 336 g/mol. The molecular weight excluding hydrogens is 312 g/mol. The van der Waals surface area contributed by atoms with E-state index < -0.39 is 10.0 Å². The van der Waals surface area contributed by atoms with Gasteiger partial charge in [-0.2, -0.15) is 4.31 Å². The zero-order valence-corrected chi connectivity index (χ0v) is 14.4. The van der Waals surface area contributed by atoms with Gasteiger partial charge in [0.2, 0.25) is 10.0 Å². The van der Waals surface area contributed by atoms with Crippen molar-refractivity contribution >= 4 is 15.9 Å². The highest BCUT2D eigenvalue weighted by molar-refractivity contribution is 7.89. The topological polar surface area (TPSA) is 57.7 Å². The van der Waals surface area contributed by atoms with Crippen LogP contribution in [0, 0.1) is 6.92 Å². The average Bonchev–Trinajstić information content (AvgIpc) is 3.10. The molecular formula is C17H24N2O3S. The van der Waals surface area contributed by atoms with Crippen LogP contribution in [0.3, 0.4) is 0 Å². The van der Waals surface area contributed by atoms with Gasteiger partial charge < -0.3 is 4.90 Å². The number of piperazine rings is 1. The Kier molecular flexibility index (Phi) is 4.73. The van der Waals surface area contributed by atoms with Crippen molar-refractivity contribution in [3.05, 3.63) is 35.4 Å². The van der Waals surface area contributed by atoms with E-state index in [0.29, 0.717) is 31.7 Å². The van der Waals surface area contributed by atoms with E-state index >= 15 is 0 Å². The number of carbonyl (C=O) groups is 1. The molecule has 2 fully saturated rings. The third kappa shape index (κ3) is 3.43. The lowest BCUT2D eigenvalue weighted by Crippen LogP contribution is -2.52. The van der Waals surface area contributed by atoms with E-state index in [9.17, 15) is 13.2 Å². The van der Waals surface area contributed by atoms with E-state index in [4.69, 9.17) is 0 Å². The van der Waals surface area contributed by atoms with Crippen molar-refractivity contribution < 1.29 is 13.2 Å². The van der Waals surface area contributed by atoms with E-state index in [1.54, 1.807) is 9.21 Å². The van der Waals surface area contributed by atoms with Gasteiger partial charge in [0.05, 0.1) is 5.25 Å². The van der Waals surface area contributed by atoms with Crippen LogP contribution in [-0.2, 0) is 10.0 Å². The molecule has 1 aromatic carbocycles. The number of nitrogens with zero attached hydrogens (tertiary/aromatic N) is 2. The Hall–Kier alpha value is -1.40. The van der Waals surface area contributed by atoms with Gasteiger partial charge in [-0.05, 0) is 31.9 Å². The minimum atomic E-state index is -3.19. The number of amides is 1. The highest BCUT2D eigenvalue weighted by Crippen LogP contribution is 2.27. The largest absolute Gasteiger partial charge is 0.336 e. The van der Waals surface area contributed by atoms with Gasteiger partial charge in [-0.15, -0.1) is 0 Å². The van der Waals surface area contributed by atoms with E-state index in [1.807, 2.05) is 31.2 Å². The SMILES string of the molecule is Cc1ccc(C(=O)N2CCN(S(=O)(=O)C3CCCC3)CC2)cc1. The van der Waals surface area contributed by atoms with Crippen molar-refractivity contribution in [1.82, 2.24) is 9.21 Å². The molecule has 0 radical (unpaired) electrons. The number of hydrogen-bond acceptors (Lipinski definition) is 3. The molecule has 2 aliphatic rings. The van der Waals surface area contributed by atoms with Gasteiger partial charge in [0, 0.05) is 31.7 Å². The first-order valence-electron chi connectivity index (χ1n) is 8.33. The van der Waals surface area contributed by atoms with Crippen molar-refractivity contribution in [1.29, 1.82) is 0 Å². The molecule has 1 aliphatic heterocycles. The van der Waals surface area contributed by atoms with E-state index in [-0.39, 0.29) is 11.2 Å². The van der Waals surface area contributed by atoms with E-state index in [2.05, 4.69) is 0 Å². The molecule has 0 spiro atoms. The van der Waals surface area contributed by atoms with Gasteiger partial charge in [0.1, 0.15) is 0 Å². The van der Waals surface area contributed by atoms with Gasteiger partial charge in [0.15, 0.2) is 0 Å². The van der Waals surface area contributed by atoms with Crippen LogP contribution in [0.5, 0.6) is 0 Å². The van der Waals surface area contributed by atoms with Gasteiger partial charge >= 0.3 is 0 Å². The fourth-order valence-corrected chi connectivity index (χ4v) is 5.44. The maximum atomic E-state index is 12.6. The lowest BCUT2D eigenvalue weighted by Gasteiger charge is -2.35. The quantitative estimate of drug-likeness (QED) is 0.848. The van der Waals surface area contributed by atoms with Crippen LogP contribution in [-0.4, -0.2) is 55.0 Å². The smallest absolute Gasteiger partial charge is 0.253 e. The highest BCUT2D eigenvalue weighted by Gasteiger charge is 2.36. The Bertz CT molecular complexity index is 656. The summed E-state index contributed by atoms with van der Waals surface area (Å²) >= 11 is 0. The minimum absolute atomic E-state index is 0.0112. The summed E-state index contributed by atoms with van der Waals surface area (Å²) in [7, 11) is -3.19. The standard InChI is InChI=1S/C17H24N2O3S/c1-14-6-8-15(9-7-14)17(20)18-10-12-19(13-11-18)23(21,22)16-4-2-3-5-16/h6-9,16H,2-5,10-13H2,1H3. The van der Waals surface area contributed by atoms with Gasteiger partial charge in [0.25, 0.3) is 5.91 Å². The van der Waals surface area contributed by atoms with Crippen LogP contribution in [0.2, 0.25) is 0 Å². The van der Waals surface area contributed by atoms with Crippen molar-refractivity contribution in [3.63, 3.8) is 0 Å². The maximum Gasteiger partial charge on any atom is 0.253 e. The molecule has 0 atom stereocenters. The van der Waals surface area contributed by atoms with Crippen LogP contribution in [0.25, 0.3) is 0 Å². The molecule has 0 aromatic heterocycles. The fraction of sp³-hybridized carbons (Fsp3) is 0.588. The molecule has 126 valence electrons. The van der Waals surface area contributed by atoms with Crippen LogP contribution in [0.1, 0.15) is 41.6 Å². The number of aryl methyl sites for hydroxylation is 1. The molecule has 0 unspecified atom stereocenters. The Balaban J connectivity index is 1.62. The summed E-state index contributed by atoms with van der Waals surface area (Å²) in [5.41, 5.74) is 1.79. The first kappa shape index (κ1) is 16.5. The Labute approximate surface area is 138 Å². The zero-order valence-electron chi connectivity index (χ0n) is 13.6. The first-order valence-corrected chi connectivity index (χ1v) is 9.84. The molecule has 1 aliphatic carbocycles. The lowest BCUT2D eigenvalue weighted by atomic mass is 10.1. The normalized spacial score (nSPS) is 20.8. The summed E-state index contributed by atoms with van der Waals surface area (Å²) in [6.07, 6.45) is 3.58. The lowest BCUT2D eigenvalue weighted by molar-refractivity contribution is 0.0697. The molecule has 0 N–H and O–H groups in total. The highest BCUT2D eigenvalue weighted by atomic mass is 32.2. The molecule has 3 rings (SSSR count). The molecule has 0 bridgehead atoms. The number of benzene rings is 1. The molecule has 1 amide bonds. The summed E-state index contributed by atoms with van der Waals surface area (Å²) in [5, 5.41) is -0.207. The van der Waals surface area contributed by atoms with Crippen molar-refractivity contribution in [2.24, 2.45) is 0 Å². The maximum absolute atomic E-state index is 12.6. The number of hydrogen-bond donors (Lipinski definition) is 0. The van der Waals surface area contributed by atoms with Crippen LogP contribution >= 0.6 is 0 Å². The predicted octanol–water partition coefficient (Wildman–Crippen LogP) is 2.03. The summed E-state index contributed by atoms with van der Waals surface area (Å²) in [6.45, 7) is 3.76. The van der Waals surface area contributed by atoms with Crippen molar-refractivity contribution in [2.75, 3.05) is 26.2 Å². The predicted molar refractivity (Wildman–Crippen MR) is 89.8 cm³/mol. The second-order valence-electron chi connectivity index (χ2n) is 6.51. The van der Waals surface area contributed by atoms with Crippen LogP contribution in [0.4, 0.5) is 0 Å².